The van der Waals surface area contributed by atoms with E-state index in [9.17, 15) is 13.8 Å². The molecule has 210 valence electrons. The minimum Gasteiger partial charge on any atom is -0.496 e. The Morgan fingerprint density at radius 1 is 0.897 bits per heavy atom. The first kappa shape index (κ1) is 30.0. The predicted molar refractivity (Wildman–Crippen MR) is 160 cm³/mol. The van der Waals surface area contributed by atoms with E-state index in [2.05, 4.69) is 42.2 Å². The van der Waals surface area contributed by atoms with E-state index >= 15 is 0 Å². The lowest BCUT2D eigenvalue weighted by atomic mass is 9.83. The Bertz CT molecular complexity index is 1390. The van der Waals surface area contributed by atoms with E-state index in [4.69, 9.17) is 9.47 Å². The van der Waals surface area contributed by atoms with Gasteiger partial charge in [0.25, 0.3) is 0 Å². The lowest BCUT2D eigenvalue weighted by Crippen LogP contribution is -2.34. The molecule has 0 saturated heterocycles. The molecule has 1 unspecified atom stereocenters. The van der Waals surface area contributed by atoms with E-state index in [0.29, 0.717) is 5.69 Å². The minimum atomic E-state index is -1.15. The Morgan fingerprint density at radius 2 is 1.56 bits per heavy atom. The van der Waals surface area contributed by atoms with Crippen LogP contribution in [0, 0.1) is 0 Å². The van der Waals surface area contributed by atoms with E-state index in [1.54, 1.807) is 34.1 Å². The molecule has 0 spiro atoms. The zero-order chi connectivity index (χ0) is 29.0. The molecule has 0 aliphatic carbocycles. The van der Waals surface area contributed by atoms with Gasteiger partial charge in [-0.2, -0.15) is 0 Å². The van der Waals surface area contributed by atoms with Gasteiger partial charge in [0, 0.05) is 41.7 Å². The summed E-state index contributed by atoms with van der Waals surface area (Å²) in [6.45, 7) is 11.8. The molecule has 0 aliphatic rings. The van der Waals surface area contributed by atoms with Crippen LogP contribution in [-0.4, -0.2) is 41.7 Å². The molecule has 1 atom stereocenters. The fraction of sp³-hybridized carbons (Fsp3) is 0.400. The molecular formula is C30H39N3O5S. The molecule has 0 saturated carbocycles. The van der Waals surface area contributed by atoms with Crippen LogP contribution in [-0.2, 0) is 25.9 Å². The van der Waals surface area contributed by atoms with Crippen LogP contribution in [0.5, 0.6) is 5.75 Å². The topological polar surface area (TPSA) is 106 Å². The third-order valence-electron chi connectivity index (χ3n) is 5.82. The van der Waals surface area contributed by atoms with Gasteiger partial charge in [-0.1, -0.05) is 39.0 Å². The number of carbonyl (C=O) groups is 2. The Kier molecular flexibility index (Phi) is 9.27. The van der Waals surface area contributed by atoms with Crippen molar-refractivity contribution in [3.8, 4) is 16.9 Å². The van der Waals surface area contributed by atoms with Crippen molar-refractivity contribution in [3.05, 3.63) is 54.1 Å². The maximum absolute atomic E-state index is 12.8. The van der Waals surface area contributed by atoms with Gasteiger partial charge in [-0.25, -0.2) is 9.00 Å². The standard InChI is InChI=1S/C30H39N3O5S/c1-29(2,3)25-18-23(32-26(34)13-14-31-28(35)38-30(4,5)6)17-24(27(25)37-7)21-10-9-20-16-22(33-39(8)36)12-11-19(20)15-21/h9-12,15-18,33H,13-14H2,1-8H3,(H,31,35)(H,32,34). The highest BCUT2D eigenvalue weighted by Crippen LogP contribution is 2.42. The predicted octanol–water partition coefficient (Wildman–Crippen LogP) is 6.37. The van der Waals surface area contributed by atoms with Crippen LogP contribution in [0.4, 0.5) is 16.2 Å². The van der Waals surface area contributed by atoms with Crippen LogP contribution < -0.4 is 20.1 Å². The molecule has 2 amide bonds. The van der Waals surface area contributed by atoms with Crippen LogP contribution >= 0.6 is 0 Å². The van der Waals surface area contributed by atoms with Crippen molar-refractivity contribution in [2.45, 2.75) is 59.0 Å². The van der Waals surface area contributed by atoms with Gasteiger partial charge in [-0.15, -0.1) is 0 Å². The number of hydrogen-bond acceptors (Lipinski definition) is 5. The zero-order valence-electron chi connectivity index (χ0n) is 24.0. The molecule has 0 heterocycles. The first-order valence-electron chi connectivity index (χ1n) is 12.8. The second-order valence-corrected chi connectivity index (χ2v) is 12.5. The fourth-order valence-electron chi connectivity index (χ4n) is 4.15. The summed E-state index contributed by atoms with van der Waals surface area (Å²) in [7, 11) is 0.497. The van der Waals surface area contributed by atoms with Crippen LogP contribution in [0.3, 0.4) is 0 Å². The average molecular weight is 554 g/mol. The lowest BCUT2D eigenvalue weighted by Gasteiger charge is -2.25. The Balaban J connectivity index is 1.91. The Morgan fingerprint density at radius 3 is 2.18 bits per heavy atom. The Labute approximate surface area is 233 Å². The van der Waals surface area contributed by atoms with Crippen LogP contribution in [0.15, 0.2) is 48.5 Å². The van der Waals surface area contributed by atoms with E-state index in [-0.39, 0.29) is 24.3 Å². The first-order valence-corrected chi connectivity index (χ1v) is 14.4. The van der Waals surface area contributed by atoms with E-state index in [1.165, 1.54) is 0 Å². The number of carbonyl (C=O) groups excluding carboxylic acids is 2. The molecular weight excluding hydrogens is 514 g/mol. The van der Waals surface area contributed by atoms with Crippen molar-refractivity contribution in [2.24, 2.45) is 0 Å². The maximum atomic E-state index is 12.8. The summed E-state index contributed by atoms with van der Waals surface area (Å²) in [6, 6.07) is 15.8. The molecule has 0 aromatic heterocycles. The summed E-state index contributed by atoms with van der Waals surface area (Å²) in [5.74, 6) is 0.514. The summed E-state index contributed by atoms with van der Waals surface area (Å²) in [6.07, 6.45) is 1.13. The molecule has 3 N–H and O–H groups in total. The quantitative estimate of drug-likeness (QED) is 0.301. The van der Waals surface area contributed by atoms with E-state index < -0.39 is 22.7 Å². The largest absolute Gasteiger partial charge is 0.496 e. The van der Waals surface area contributed by atoms with Gasteiger partial charge in [0.05, 0.1) is 7.11 Å². The summed E-state index contributed by atoms with van der Waals surface area (Å²) in [4.78, 5) is 24.7. The number of methoxy groups -OCH3 is 1. The van der Waals surface area contributed by atoms with Gasteiger partial charge in [-0.05, 0) is 72.9 Å². The Hall–Kier alpha value is -3.59. The number of benzene rings is 3. The second kappa shape index (κ2) is 12.1. The summed E-state index contributed by atoms with van der Waals surface area (Å²) < 4.78 is 25.6. The SMILES string of the molecule is COc1c(-c2ccc3cc(NS(C)=O)ccc3c2)cc(NC(=O)CCNC(=O)OC(C)(C)C)cc1C(C)(C)C. The van der Waals surface area contributed by atoms with Gasteiger partial charge in [0.2, 0.25) is 5.91 Å². The van der Waals surface area contributed by atoms with Gasteiger partial charge < -0.3 is 24.8 Å². The first-order chi connectivity index (χ1) is 18.2. The fourth-order valence-corrected chi connectivity index (χ4v) is 4.61. The number of ether oxygens (including phenoxy) is 2. The number of anilines is 2. The molecule has 0 fully saturated rings. The van der Waals surface area contributed by atoms with Crippen LogP contribution in [0.1, 0.15) is 53.5 Å². The number of fused-ring (bicyclic) bond motifs is 1. The molecule has 8 nitrogen and oxygen atoms in total. The van der Waals surface area contributed by atoms with Crippen molar-refractivity contribution in [1.82, 2.24) is 5.32 Å². The third kappa shape index (κ3) is 8.45. The number of rotatable bonds is 8. The summed E-state index contributed by atoms with van der Waals surface area (Å²) in [5, 5.41) is 7.61. The zero-order valence-corrected chi connectivity index (χ0v) is 24.8. The van der Waals surface area contributed by atoms with Gasteiger partial charge >= 0.3 is 6.09 Å². The van der Waals surface area contributed by atoms with Crippen molar-refractivity contribution in [2.75, 3.05) is 29.9 Å². The molecule has 0 bridgehead atoms. The highest BCUT2D eigenvalue weighted by molar-refractivity contribution is 7.85. The van der Waals surface area contributed by atoms with Gasteiger partial charge in [-0.3, -0.25) is 4.79 Å². The van der Waals surface area contributed by atoms with Crippen LogP contribution in [0.25, 0.3) is 21.9 Å². The number of hydrogen-bond donors (Lipinski definition) is 3. The maximum Gasteiger partial charge on any atom is 0.407 e. The molecule has 39 heavy (non-hydrogen) atoms. The normalized spacial score (nSPS) is 12.5. The molecule has 9 heteroatoms. The van der Waals surface area contributed by atoms with E-state index in [1.807, 2.05) is 42.5 Å². The molecule has 3 aromatic rings. The third-order valence-corrected chi connectivity index (χ3v) is 6.34. The number of nitrogens with one attached hydrogen (secondary N) is 3. The van der Waals surface area contributed by atoms with Crippen molar-refractivity contribution >= 4 is 45.1 Å². The summed E-state index contributed by atoms with van der Waals surface area (Å²) >= 11 is 0. The summed E-state index contributed by atoms with van der Waals surface area (Å²) in [5.41, 5.74) is 3.31. The molecule has 0 radical (unpaired) electrons. The average Bonchev–Trinajstić information content (AvgIpc) is 2.81. The molecule has 3 rings (SSSR count). The van der Waals surface area contributed by atoms with Crippen LogP contribution in [0.2, 0.25) is 0 Å². The van der Waals surface area contributed by atoms with Crippen molar-refractivity contribution in [1.29, 1.82) is 0 Å². The van der Waals surface area contributed by atoms with E-state index in [0.717, 1.165) is 38.9 Å². The minimum absolute atomic E-state index is 0.0976. The monoisotopic (exact) mass is 553 g/mol. The smallest absolute Gasteiger partial charge is 0.407 e. The number of amides is 2. The van der Waals surface area contributed by atoms with Gasteiger partial charge in [0.15, 0.2) is 0 Å². The second-order valence-electron chi connectivity index (χ2n) is 11.4. The molecule has 3 aromatic carbocycles. The lowest BCUT2D eigenvalue weighted by molar-refractivity contribution is -0.116. The van der Waals surface area contributed by atoms with Crippen molar-refractivity contribution in [3.63, 3.8) is 0 Å². The number of alkyl carbamates (subject to hydrolysis) is 1. The van der Waals surface area contributed by atoms with Crippen molar-refractivity contribution < 1.29 is 23.3 Å². The highest BCUT2D eigenvalue weighted by Gasteiger charge is 2.24. The molecule has 0 aliphatic heterocycles. The highest BCUT2D eigenvalue weighted by atomic mass is 32.2. The van der Waals surface area contributed by atoms with Gasteiger partial charge in [0.1, 0.15) is 22.3 Å².